The number of nitrogens with zero attached hydrogens (tertiary/aromatic N) is 2. The highest BCUT2D eigenvalue weighted by molar-refractivity contribution is 5.92. The SMILES string of the molecule is Cc1cc(C)cc(NC(=O)CN2CCN(CC=Cc3ccccc3)CC2)c1.Cl. The number of halogens is 1. The Labute approximate surface area is 174 Å². The molecule has 0 atom stereocenters. The Bertz CT molecular complexity index is 763. The van der Waals surface area contributed by atoms with Crippen molar-refractivity contribution >= 4 is 30.1 Å². The van der Waals surface area contributed by atoms with E-state index in [2.05, 4.69) is 57.6 Å². The fraction of sp³-hybridized carbons (Fsp3) is 0.348. The third-order valence-electron chi connectivity index (χ3n) is 4.81. The molecule has 5 heteroatoms. The smallest absolute Gasteiger partial charge is 0.238 e. The van der Waals surface area contributed by atoms with E-state index in [1.54, 1.807) is 0 Å². The van der Waals surface area contributed by atoms with Gasteiger partial charge in [-0.05, 0) is 42.7 Å². The van der Waals surface area contributed by atoms with Crippen molar-refractivity contribution in [3.8, 4) is 0 Å². The normalized spacial score (nSPS) is 15.4. The minimum absolute atomic E-state index is 0. The molecular weight excluding hydrogens is 370 g/mol. The van der Waals surface area contributed by atoms with Gasteiger partial charge in [0.05, 0.1) is 6.54 Å². The van der Waals surface area contributed by atoms with Crippen LogP contribution in [-0.4, -0.2) is 55.0 Å². The van der Waals surface area contributed by atoms with Gasteiger partial charge in [-0.1, -0.05) is 48.6 Å². The molecule has 2 aromatic carbocycles. The molecule has 0 saturated carbocycles. The molecule has 0 aromatic heterocycles. The highest BCUT2D eigenvalue weighted by Crippen LogP contribution is 2.14. The molecule has 1 heterocycles. The van der Waals surface area contributed by atoms with E-state index in [4.69, 9.17) is 0 Å². The Morgan fingerprint density at radius 3 is 2.21 bits per heavy atom. The molecule has 0 radical (unpaired) electrons. The van der Waals surface area contributed by atoms with Crippen molar-refractivity contribution in [3.05, 3.63) is 71.3 Å². The summed E-state index contributed by atoms with van der Waals surface area (Å²) in [5.74, 6) is 0.0671. The van der Waals surface area contributed by atoms with Gasteiger partial charge in [0, 0.05) is 38.4 Å². The quantitative estimate of drug-likeness (QED) is 0.797. The Morgan fingerprint density at radius 1 is 0.964 bits per heavy atom. The van der Waals surface area contributed by atoms with E-state index in [0.717, 1.165) is 38.4 Å². The number of piperazine rings is 1. The molecule has 3 rings (SSSR count). The molecule has 4 nitrogen and oxygen atoms in total. The van der Waals surface area contributed by atoms with Crippen LogP contribution in [0, 0.1) is 13.8 Å². The van der Waals surface area contributed by atoms with Crippen molar-refractivity contribution in [2.75, 3.05) is 44.6 Å². The van der Waals surface area contributed by atoms with Crippen molar-refractivity contribution in [1.29, 1.82) is 0 Å². The summed E-state index contributed by atoms with van der Waals surface area (Å²) >= 11 is 0. The number of amides is 1. The van der Waals surface area contributed by atoms with Crippen LogP contribution in [-0.2, 0) is 4.79 Å². The number of carbonyl (C=O) groups is 1. The number of hydrogen-bond acceptors (Lipinski definition) is 3. The summed E-state index contributed by atoms with van der Waals surface area (Å²) in [6, 6.07) is 16.5. The number of anilines is 1. The molecule has 0 bridgehead atoms. The maximum atomic E-state index is 12.3. The molecule has 1 saturated heterocycles. The standard InChI is InChI=1S/C23H29N3O.ClH/c1-19-15-20(2)17-22(16-19)24-23(27)18-26-13-11-25(12-14-26)10-6-9-21-7-4-3-5-8-21;/h3-9,15-17H,10-14,18H2,1-2H3,(H,24,27);1H. The van der Waals surface area contributed by atoms with Crippen LogP contribution in [0.3, 0.4) is 0 Å². The lowest BCUT2D eigenvalue weighted by Crippen LogP contribution is -2.48. The fourth-order valence-electron chi connectivity index (χ4n) is 3.48. The molecule has 28 heavy (non-hydrogen) atoms. The second kappa shape index (κ2) is 11.0. The molecule has 0 spiro atoms. The largest absolute Gasteiger partial charge is 0.325 e. The molecule has 150 valence electrons. The van der Waals surface area contributed by atoms with Gasteiger partial charge in [-0.15, -0.1) is 12.4 Å². The van der Waals surface area contributed by atoms with Crippen molar-refractivity contribution in [1.82, 2.24) is 9.80 Å². The van der Waals surface area contributed by atoms with E-state index in [0.29, 0.717) is 6.54 Å². The molecule has 1 fully saturated rings. The lowest BCUT2D eigenvalue weighted by molar-refractivity contribution is -0.117. The van der Waals surface area contributed by atoms with Crippen LogP contribution in [0.15, 0.2) is 54.6 Å². The van der Waals surface area contributed by atoms with Gasteiger partial charge in [0.25, 0.3) is 0 Å². The van der Waals surface area contributed by atoms with Gasteiger partial charge < -0.3 is 5.32 Å². The first kappa shape index (κ1) is 22.2. The maximum Gasteiger partial charge on any atom is 0.238 e. The summed E-state index contributed by atoms with van der Waals surface area (Å²) < 4.78 is 0. The maximum absolute atomic E-state index is 12.3. The van der Waals surface area contributed by atoms with Crippen LogP contribution in [0.4, 0.5) is 5.69 Å². The Hall–Kier alpha value is -2.14. The Balaban J connectivity index is 0.00000280. The topological polar surface area (TPSA) is 35.6 Å². The Morgan fingerprint density at radius 2 is 1.57 bits per heavy atom. The lowest BCUT2D eigenvalue weighted by atomic mass is 10.1. The second-order valence-corrected chi connectivity index (χ2v) is 7.31. The van der Waals surface area contributed by atoms with Gasteiger partial charge in [0.15, 0.2) is 0 Å². The van der Waals surface area contributed by atoms with Crippen LogP contribution in [0.25, 0.3) is 6.08 Å². The van der Waals surface area contributed by atoms with Gasteiger partial charge >= 0.3 is 0 Å². The van der Waals surface area contributed by atoms with Gasteiger partial charge in [-0.3, -0.25) is 14.6 Å². The van der Waals surface area contributed by atoms with Crippen LogP contribution in [0.2, 0.25) is 0 Å². The summed E-state index contributed by atoms with van der Waals surface area (Å²) in [4.78, 5) is 17.0. The number of hydrogen-bond donors (Lipinski definition) is 1. The lowest BCUT2D eigenvalue weighted by Gasteiger charge is -2.33. The van der Waals surface area contributed by atoms with Crippen LogP contribution >= 0.6 is 12.4 Å². The monoisotopic (exact) mass is 399 g/mol. The van der Waals surface area contributed by atoms with Gasteiger partial charge in [0.1, 0.15) is 0 Å². The minimum atomic E-state index is 0. The second-order valence-electron chi connectivity index (χ2n) is 7.31. The molecule has 1 N–H and O–H groups in total. The summed E-state index contributed by atoms with van der Waals surface area (Å²) in [5, 5.41) is 3.03. The fourth-order valence-corrected chi connectivity index (χ4v) is 3.48. The van der Waals surface area contributed by atoms with E-state index in [-0.39, 0.29) is 18.3 Å². The first-order valence-corrected chi connectivity index (χ1v) is 9.63. The summed E-state index contributed by atoms with van der Waals surface area (Å²) in [5.41, 5.74) is 4.46. The molecule has 2 aromatic rings. The van der Waals surface area contributed by atoms with Crippen molar-refractivity contribution in [2.45, 2.75) is 13.8 Å². The van der Waals surface area contributed by atoms with Crippen molar-refractivity contribution in [2.24, 2.45) is 0 Å². The minimum Gasteiger partial charge on any atom is -0.325 e. The number of carbonyl (C=O) groups excluding carboxylic acids is 1. The van der Waals surface area contributed by atoms with Gasteiger partial charge in [0.2, 0.25) is 5.91 Å². The third-order valence-corrected chi connectivity index (χ3v) is 4.81. The predicted octanol–water partition coefficient (Wildman–Crippen LogP) is 3.99. The zero-order valence-electron chi connectivity index (χ0n) is 16.7. The summed E-state index contributed by atoms with van der Waals surface area (Å²) in [7, 11) is 0. The number of aryl methyl sites for hydroxylation is 2. The first-order chi connectivity index (χ1) is 13.1. The molecular formula is C23H30ClN3O. The summed E-state index contributed by atoms with van der Waals surface area (Å²) in [6.45, 7) is 9.37. The van der Waals surface area contributed by atoms with Crippen LogP contribution < -0.4 is 5.32 Å². The van der Waals surface area contributed by atoms with Gasteiger partial charge in [-0.25, -0.2) is 0 Å². The number of rotatable bonds is 6. The van der Waals surface area contributed by atoms with Crippen LogP contribution in [0.1, 0.15) is 16.7 Å². The van der Waals surface area contributed by atoms with E-state index in [1.165, 1.54) is 16.7 Å². The Kier molecular flexibility index (Phi) is 8.71. The van der Waals surface area contributed by atoms with Gasteiger partial charge in [-0.2, -0.15) is 0 Å². The highest BCUT2D eigenvalue weighted by Gasteiger charge is 2.18. The average molecular weight is 400 g/mol. The zero-order chi connectivity index (χ0) is 19.1. The van der Waals surface area contributed by atoms with Crippen molar-refractivity contribution < 1.29 is 4.79 Å². The highest BCUT2D eigenvalue weighted by atomic mass is 35.5. The zero-order valence-corrected chi connectivity index (χ0v) is 17.5. The predicted molar refractivity (Wildman–Crippen MR) is 120 cm³/mol. The molecule has 0 aliphatic carbocycles. The average Bonchev–Trinajstić information content (AvgIpc) is 2.63. The van der Waals surface area contributed by atoms with Crippen LogP contribution in [0.5, 0.6) is 0 Å². The first-order valence-electron chi connectivity index (χ1n) is 9.63. The molecule has 1 amide bonds. The van der Waals surface area contributed by atoms with E-state index >= 15 is 0 Å². The third kappa shape index (κ3) is 7.12. The number of benzene rings is 2. The van der Waals surface area contributed by atoms with E-state index < -0.39 is 0 Å². The molecule has 1 aliphatic heterocycles. The van der Waals surface area contributed by atoms with E-state index in [9.17, 15) is 4.79 Å². The van der Waals surface area contributed by atoms with E-state index in [1.807, 2.05) is 32.0 Å². The molecule has 0 unspecified atom stereocenters. The van der Waals surface area contributed by atoms with Crippen molar-refractivity contribution in [3.63, 3.8) is 0 Å². The number of nitrogens with one attached hydrogen (secondary N) is 1. The molecule has 1 aliphatic rings. The summed E-state index contributed by atoms with van der Waals surface area (Å²) in [6.07, 6.45) is 4.39.